The van der Waals surface area contributed by atoms with Crippen molar-refractivity contribution in [2.24, 2.45) is 5.92 Å². The Morgan fingerprint density at radius 1 is 1.18 bits per heavy atom. The van der Waals surface area contributed by atoms with Crippen molar-refractivity contribution in [3.8, 4) is 11.9 Å². The van der Waals surface area contributed by atoms with Crippen molar-refractivity contribution in [3.05, 3.63) is 56.2 Å². The van der Waals surface area contributed by atoms with E-state index >= 15 is 0 Å². The number of nitriles is 1. The number of hydrogen-bond donors (Lipinski definition) is 4. The Labute approximate surface area is 196 Å². The van der Waals surface area contributed by atoms with Crippen molar-refractivity contribution in [1.29, 1.82) is 5.26 Å². The molecule has 5 rings (SSSR count). The summed E-state index contributed by atoms with van der Waals surface area (Å²) in [6, 6.07) is 6.25. The van der Waals surface area contributed by atoms with Gasteiger partial charge in [-0.1, -0.05) is 23.2 Å². The van der Waals surface area contributed by atoms with Gasteiger partial charge in [0.1, 0.15) is 29.1 Å². The number of rotatable bonds is 5. The van der Waals surface area contributed by atoms with Crippen molar-refractivity contribution >= 4 is 51.7 Å². The van der Waals surface area contributed by atoms with Crippen molar-refractivity contribution < 1.29 is 0 Å². The maximum atomic E-state index is 13.6. The first-order valence-electron chi connectivity index (χ1n) is 9.89. The zero-order valence-corrected chi connectivity index (χ0v) is 18.4. The molecule has 1 saturated carbocycles. The van der Waals surface area contributed by atoms with Crippen LogP contribution in [0.3, 0.4) is 0 Å². The minimum Gasteiger partial charge on any atom is -0.382 e. The molecule has 4 aromatic rings. The second-order valence-electron chi connectivity index (χ2n) is 7.57. The summed E-state index contributed by atoms with van der Waals surface area (Å²) in [7, 11) is 0. The molecule has 0 amide bonds. The SMILES string of the molecule is N#Cc1c(N)nc(N)nc1NC(c1nc2c(Cl)ccc(Cl)c2c(=O)n1-c1ccn[nH]1)C1CC1. The highest BCUT2D eigenvalue weighted by molar-refractivity contribution is 6.39. The quantitative estimate of drug-likeness (QED) is 0.332. The van der Waals surface area contributed by atoms with E-state index in [1.807, 2.05) is 6.07 Å². The third-order valence-corrected chi connectivity index (χ3v) is 6.03. The van der Waals surface area contributed by atoms with Crippen LogP contribution in [0.2, 0.25) is 10.0 Å². The van der Waals surface area contributed by atoms with Crippen molar-refractivity contribution in [1.82, 2.24) is 29.7 Å². The molecular weight excluding hydrogens is 467 g/mol. The molecule has 3 aromatic heterocycles. The van der Waals surface area contributed by atoms with Gasteiger partial charge in [-0.2, -0.15) is 20.3 Å². The molecule has 0 radical (unpaired) electrons. The topological polar surface area (TPSA) is 177 Å². The highest BCUT2D eigenvalue weighted by atomic mass is 35.5. The fourth-order valence-electron chi connectivity index (χ4n) is 3.73. The lowest BCUT2D eigenvalue weighted by molar-refractivity contribution is 0.605. The highest BCUT2D eigenvalue weighted by Gasteiger charge is 2.37. The number of nitrogens with zero attached hydrogens (tertiary/aromatic N) is 6. The molecule has 0 bridgehead atoms. The Kier molecular flexibility index (Phi) is 5.03. The van der Waals surface area contributed by atoms with E-state index < -0.39 is 11.6 Å². The first kappa shape index (κ1) is 21.0. The number of hydrogen-bond acceptors (Lipinski definition) is 9. The van der Waals surface area contributed by atoms with E-state index in [2.05, 4.69) is 25.5 Å². The van der Waals surface area contributed by atoms with E-state index in [-0.39, 0.29) is 50.0 Å². The minimum atomic E-state index is -0.527. The van der Waals surface area contributed by atoms with E-state index in [0.717, 1.165) is 12.8 Å². The number of fused-ring (bicyclic) bond motifs is 1. The number of nitrogens with two attached hydrogens (primary N) is 2. The van der Waals surface area contributed by atoms with Gasteiger partial charge in [0.15, 0.2) is 5.82 Å². The maximum absolute atomic E-state index is 13.6. The van der Waals surface area contributed by atoms with Gasteiger partial charge in [0, 0.05) is 6.07 Å². The highest BCUT2D eigenvalue weighted by Crippen LogP contribution is 2.43. The maximum Gasteiger partial charge on any atom is 0.268 e. The third-order valence-electron chi connectivity index (χ3n) is 5.41. The van der Waals surface area contributed by atoms with Crippen LogP contribution in [0.4, 0.5) is 17.6 Å². The number of benzene rings is 1. The standard InChI is InChI=1S/C20H16Cl2N10O/c21-10-3-4-11(22)15-13(10)19(33)32(12-5-6-26-31-12)18(28-15)14(8-1-2-8)27-17-9(7-23)16(24)29-20(25)30-17/h3-6,8,14H,1-2H2,(H,26,31)(H5,24,25,27,29,30). The van der Waals surface area contributed by atoms with Gasteiger partial charge in [0.25, 0.3) is 5.56 Å². The molecule has 1 aliphatic rings. The molecule has 166 valence electrons. The molecule has 33 heavy (non-hydrogen) atoms. The molecule has 1 aromatic carbocycles. The lowest BCUT2D eigenvalue weighted by atomic mass is 10.1. The van der Waals surface area contributed by atoms with E-state index in [0.29, 0.717) is 11.6 Å². The molecule has 0 aliphatic heterocycles. The van der Waals surface area contributed by atoms with Gasteiger partial charge in [-0.15, -0.1) is 0 Å². The third kappa shape index (κ3) is 3.59. The fourth-order valence-corrected chi connectivity index (χ4v) is 4.16. The van der Waals surface area contributed by atoms with Crippen molar-refractivity contribution in [3.63, 3.8) is 0 Å². The largest absolute Gasteiger partial charge is 0.382 e. The lowest BCUT2D eigenvalue weighted by Crippen LogP contribution is -2.30. The van der Waals surface area contributed by atoms with Crippen LogP contribution in [0.15, 0.2) is 29.2 Å². The minimum absolute atomic E-state index is 0.0469. The van der Waals surface area contributed by atoms with E-state index in [9.17, 15) is 10.1 Å². The molecule has 3 heterocycles. The molecule has 0 saturated heterocycles. The molecule has 0 spiro atoms. The fraction of sp³-hybridized carbons (Fsp3) is 0.200. The Bertz CT molecular complexity index is 1490. The average molecular weight is 483 g/mol. The van der Waals surface area contributed by atoms with Gasteiger partial charge in [0.2, 0.25) is 5.95 Å². The Morgan fingerprint density at radius 2 is 1.94 bits per heavy atom. The van der Waals surface area contributed by atoms with Crippen molar-refractivity contribution in [2.45, 2.75) is 18.9 Å². The number of anilines is 3. The summed E-state index contributed by atoms with van der Waals surface area (Å²) in [5, 5.41) is 20.3. The van der Waals surface area contributed by atoms with Crippen LogP contribution in [-0.2, 0) is 0 Å². The molecule has 1 unspecified atom stereocenters. The molecule has 6 N–H and O–H groups in total. The Hall–Kier alpha value is -3.88. The predicted octanol–water partition coefficient (Wildman–Crippen LogP) is 2.80. The summed E-state index contributed by atoms with van der Waals surface area (Å²) in [5.74, 6) is 0.871. The Balaban J connectivity index is 1.78. The Morgan fingerprint density at radius 3 is 2.61 bits per heavy atom. The summed E-state index contributed by atoms with van der Waals surface area (Å²) < 4.78 is 1.40. The first-order chi connectivity index (χ1) is 15.9. The van der Waals surface area contributed by atoms with Gasteiger partial charge in [-0.25, -0.2) is 9.55 Å². The van der Waals surface area contributed by atoms with Gasteiger partial charge in [0.05, 0.1) is 33.2 Å². The predicted molar refractivity (Wildman–Crippen MR) is 124 cm³/mol. The second kappa shape index (κ2) is 7.91. The second-order valence-corrected chi connectivity index (χ2v) is 8.38. The molecule has 11 nitrogen and oxygen atoms in total. The molecule has 13 heteroatoms. The number of nitrogens with one attached hydrogen (secondary N) is 2. The number of halogens is 2. The monoisotopic (exact) mass is 482 g/mol. The van der Waals surface area contributed by atoms with E-state index in [4.69, 9.17) is 39.7 Å². The van der Waals surface area contributed by atoms with Gasteiger partial charge in [-0.3, -0.25) is 9.89 Å². The molecule has 1 fully saturated rings. The summed E-state index contributed by atoms with van der Waals surface area (Å²) in [6.07, 6.45) is 3.26. The number of H-pyrrole nitrogens is 1. The van der Waals surface area contributed by atoms with Crippen LogP contribution in [0.1, 0.15) is 30.3 Å². The molecule has 1 atom stereocenters. The van der Waals surface area contributed by atoms with E-state index in [1.165, 1.54) is 10.8 Å². The summed E-state index contributed by atoms with van der Waals surface area (Å²) >= 11 is 12.7. The zero-order valence-electron chi connectivity index (χ0n) is 16.9. The van der Waals surface area contributed by atoms with Crippen LogP contribution >= 0.6 is 23.2 Å². The zero-order chi connectivity index (χ0) is 23.3. The summed E-state index contributed by atoms with van der Waals surface area (Å²) in [4.78, 5) is 26.4. The lowest BCUT2D eigenvalue weighted by Gasteiger charge is -2.23. The van der Waals surface area contributed by atoms with Gasteiger partial charge < -0.3 is 16.8 Å². The van der Waals surface area contributed by atoms with Crippen LogP contribution < -0.4 is 22.3 Å². The molecule has 1 aliphatic carbocycles. The summed E-state index contributed by atoms with van der Waals surface area (Å²) in [5.41, 5.74) is 11.5. The van der Waals surface area contributed by atoms with Crippen molar-refractivity contribution in [2.75, 3.05) is 16.8 Å². The number of aromatic nitrogens is 6. The van der Waals surface area contributed by atoms with Crippen LogP contribution in [0, 0.1) is 17.2 Å². The normalized spacial score (nSPS) is 14.2. The smallest absolute Gasteiger partial charge is 0.268 e. The average Bonchev–Trinajstić information content (AvgIpc) is 3.48. The number of aromatic amines is 1. The first-order valence-corrected chi connectivity index (χ1v) is 10.6. The van der Waals surface area contributed by atoms with Crippen LogP contribution in [0.5, 0.6) is 0 Å². The molecular formula is C20H16Cl2N10O. The van der Waals surface area contributed by atoms with Gasteiger partial charge in [-0.05, 0) is 30.9 Å². The number of nitrogen functional groups attached to an aromatic ring is 2. The van der Waals surface area contributed by atoms with Gasteiger partial charge >= 0.3 is 0 Å². The van der Waals surface area contributed by atoms with Crippen LogP contribution in [0.25, 0.3) is 16.7 Å². The van der Waals surface area contributed by atoms with E-state index in [1.54, 1.807) is 18.2 Å². The summed E-state index contributed by atoms with van der Waals surface area (Å²) in [6.45, 7) is 0. The van der Waals surface area contributed by atoms with Crippen LogP contribution in [-0.4, -0.2) is 29.7 Å².